The van der Waals surface area contributed by atoms with Crippen LogP contribution in [-0.4, -0.2) is 43.1 Å². The zero-order valence-electron chi connectivity index (χ0n) is 14.5. The third-order valence-electron chi connectivity index (χ3n) is 4.73. The van der Waals surface area contributed by atoms with Crippen LogP contribution in [0.25, 0.3) is 0 Å². The molecule has 3 rings (SSSR count). The van der Waals surface area contributed by atoms with Gasteiger partial charge in [0.05, 0.1) is 6.61 Å². The maximum absolute atomic E-state index is 12.7. The summed E-state index contributed by atoms with van der Waals surface area (Å²) < 4.78 is 5.63. The number of rotatable bonds is 7. The smallest absolute Gasteiger partial charge is 0.253 e. The number of nitrogens with zero attached hydrogens (tertiary/aromatic N) is 1. The van der Waals surface area contributed by atoms with Crippen LogP contribution in [0.4, 0.5) is 0 Å². The molecule has 24 heavy (non-hydrogen) atoms. The zero-order chi connectivity index (χ0) is 16.1. The zero-order valence-corrected chi connectivity index (χ0v) is 15.3. The summed E-state index contributed by atoms with van der Waals surface area (Å²) in [5.74, 6) is 1.84. The molecule has 1 N–H and O–H groups in total. The summed E-state index contributed by atoms with van der Waals surface area (Å²) >= 11 is 0. The van der Waals surface area contributed by atoms with Crippen LogP contribution in [0.5, 0.6) is 5.75 Å². The minimum Gasteiger partial charge on any atom is -0.494 e. The van der Waals surface area contributed by atoms with Crippen LogP contribution in [0.2, 0.25) is 0 Å². The normalized spacial score (nSPS) is 18.1. The van der Waals surface area contributed by atoms with Crippen molar-refractivity contribution < 1.29 is 9.53 Å². The Bertz CT molecular complexity index is 526. The fraction of sp³-hybridized carbons (Fsp3) is 0.632. The molecule has 0 radical (unpaired) electrons. The molecule has 0 atom stereocenters. The number of piperidine rings is 1. The second kappa shape index (κ2) is 9.28. The summed E-state index contributed by atoms with van der Waals surface area (Å²) in [5.41, 5.74) is 0.739. The first-order valence-electron chi connectivity index (χ1n) is 9.01. The Hall–Kier alpha value is -1.26. The molecule has 134 valence electrons. The van der Waals surface area contributed by atoms with Gasteiger partial charge in [-0.2, -0.15) is 0 Å². The molecule has 1 amide bonds. The van der Waals surface area contributed by atoms with Gasteiger partial charge in [0.15, 0.2) is 0 Å². The van der Waals surface area contributed by atoms with Gasteiger partial charge in [0.2, 0.25) is 0 Å². The standard InChI is InChI=1S/C19H28N2O2.ClH/c1-2-12-23-18-5-3-4-16(13-18)19(22)21-10-8-17(9-11-21)20-14-15-6-7-15;/h3-5,13,15,17,20H,2,6-12,14H2,1H3;1H. The highest BCUT2D eigenvalue weighted by Gasteiger charge is 2.26. The van der Waals surface area contributed by atoms with Crippen LogP contribution >= 0.6 is 12.4 Å². The van der Waals surface area contributed by atoms with Crippen molar-refractivity contribution in [3.63, 3.8) is 0 Å². The average molecular weight is 353 g/mol. The highest BCUT2D eigenvalue weighted by atomic mass is 35.5. The quantitative estimate of drug-likeness (QED) is 0.816. The summed E-state index contributed by atoms with van der Waals surface area (Å²) in [4.78, 5) is 14.6. The van der Waals surface area contributed by atoms with Crippen LogP contribution in [0.15, 0.2) is 24.3 Å². The van der Waals surface area contributed by atoms with Crippen LogP contribution in [-0.2, 0) is 0 Å². The highest BCUT2D eigenvalue weighted by molar-refractivity contribution is 5.94. The number of ether oxygens (including phenoxy) is 1. The van der Waals surface area contributed by atoms with E-state index in [0.29, 0.717) is 12.6 Å². The van der Waals surface area contributed by atoms with E-state index < -0.39 is 0 Å². The van der Waals surface area contributed by atoms with Gasteiger partial charge < -0.3 is 15.0 Å². The first-order valence-corrected chi connectivity index (χ1v) is 9.01. The van der Waals surface area contributed by atoms with E-state index in [1.54, 1.807) is 0 Å². The van der Waals surface area contributed by atoms with Crippen molar-refractivity contribution in [3.8, 4) is 5.75 Å². The van der Waals surface area contributed by atoms with Crippen LogP contribution in [0.1, 0.15) is 49.4 Å². The molecule has 0 bridgehead atoms. The number of carbonyl (C=O) groups excluding carboxylic acids is 1. The molecular formula is C19H29ClN2O2. The van der Waals surface area contributed by atoms with E-state index >= 15 is 0 Å². The molecule has 0 aromatic heterocycles. The fourth-order valence-electron chi connectivity index (χ4n) is 3.06. The van der Waals surface area contributed by atoms with Gasteiger partial charge in [-0.25, -0.2) is 0 Å². The van der Waals surface area contributed by atoms with E-state index in [-0.39, 0.29) is 18.3 Å². The summed E-state index contributed by atoms with van der Waals surface area (Å²) in [5, 5.41) is 3.66. The molecule has 0 unspecified atom stereocenters. The molecule has 2 aliphatic rings. The molecule has 1 aliphatic heterocycles. The fourth-order valence-corrected chi connectivity index (χ4v) is 3.06. The molecule has 1 aromatic rings. The number of hydrogen-bond acceptors (Lipinski definition) is 3. The molecule has 1 aliphatic carbocycles. The van der Waals surface area contributed by atoms with Crippen molar-refractivity contribution in [1.29, 1.82) is 0 Å². The lowest BCUT2D eigenvalue weighted by Gasteiger charge is -2.32. The third kappa shape index (κ3) is 5.38. The number of nitrogens with one attached hydrogen (secondary N) is 1. The van der Waals surface area contributed by atoms with Crippen molar-refractivity contribution in [2.24, 2.45) is 5.92 Å². The lowest BCUT2D eigenvalue weighted by atomic mass is 10.0. The molecule has 2 fully saturated rings. The topological polar surface area (TPSA) is 41.6 Å². The minimum absolute atomic E-state index is 0. The number of halogens is 1. The monoisotopic (exact) mass is 352 g/mol. The number of hydrogen-bond donors (Lipinski definition) is 1. The van der Waals surface area contributed by atoms with Gasteiger partial charge in [0.25, 0.3) is 5.91 Å². The SMILES string of the molecule is CCCOc1cccc(C(=O)N2CCC(NCC3CC3)CC2)c1.Cl. The average Bonchev–Trinajstić information content (AvgIpc) is 3.43. The van der Waals surface area contributed by atoms with E-state index in [4.69, 9.17) is 4.74 Å². The van der Waals surface area contributed by atoms with E-state index in [1.165, 1.54) is 12.8 Å². The van der Waals surface area contributed by atoms with Crippen molar-refractivity contribution in [1.82, 2.24) is 10.2 Å². The van der Waals surface area contributed by atoms with Crippen molar-refractivity contribution >= 4 is 18.3 Å². The molecule has 1 aromatic carbocycles. The van der Waals surface area contributed by atoms with Gasteiger partial charge >= 0.3 is 0 Å². The van der Waals surface area contributed by atoms with Gasteiger partial charge in [-0.15, -0.1) is 12.4 Å². The van der Waals surface area contributed by atoms with Crippen LogP contribution < -0.4 is 10.1 Å². The Morgan fingerprint density at radius 3 is 2.67 bits per heavy atom. The van der Waals surface area contributed by atoms with Crippen molar-refractivity contribution in [2.75, 3.05) is 26.2 Å². The lowest BCUT2D eigenvalue weighted by Crippen LogP contribution is -2.45. The molecule has 1 saturated heterocycles. The predicted octanol–water partition coefficient (Wildman–Crippen LogP) is 3.50. The second-order valence-corrected chi connectivity index (χ2v) is 6.79. The van der Waals surface area contributed by atoms with Gasteiger partial charge in [-0.3, -0.25) is 4.79 Å². The number of carbonyl (C=O) groups is 1. The number of likely N-dealkylation sites (tertiary alicyclic amines) is 1. The lowest BCUT2D eigenvalue weighted by molar-refractivity contribution is 0.0704. The maximum atomic E-state index is 12.7. The van der Waals surface area contributed by atoms with Crippen LogP contribution in [0, 0.1) is 5.92 Å². The second-order valence-electron chi connectivity index (χ2n) is 6.79. The van der Waals surface area contributed by atoms with Crippen LogP contribution in [0.3, 0.4) is 0 Å². The van der Waals surface area contributed by atoms with Gasteiger partial charge in [0, 0.05) is 24.7 Å². The summed E-state index contributed by atoms with van der Waals surface area (Å²) in [6.45, 7) is 5.63. The first kappa shape index (κ1) is 19.1. The first-order chi connectivity index (χ1) is 11.3. The molecule has 1 heterocycles. The number of amides is 1. The summed E-state index contributed by atoms with van der Waals surface area (Å²) in [7, 11) is 0. The van der Waals surface area contributed by atoms with Crippen molar-refractivity contribution in [3.05, 3.63) is 29.8 Å². The molecule has 1 saturated carbocycles. The van der Waals surface area contributed by atoms with Gasteiger partial charge in [-0.1, -0.05) is 13.0 Å². The van der Waals surface area contributed by atoms with Crippen molar-refractivity contribution in [2.45, 2.75) is 45.1 Å². The summed E-state index contributed by atoms with van der Waals surface area (Å²) in [6, 6.07) is 8.16. The molecular weight excluding hydrogens is 324 g/mol. The van der Waals surface area contributed by atoms with E-state index in [2.05, 4.69) is 12.2 Å². The van der Waals surface area contributed by atoms with E-state index in [1.807, 2.05) is 29.2 Å². The Morgan fingerprint density at radius 2 is 2.00 bits per heavy atom. The Labute approximate surface area is 151 Å². The molecule has 5 heteroatoms. The Morgan fingerprint density at radius 1 is 1.25 bits per heavy atom. The number of benzene rings is 1. The van der Waals surface area contributed by atoms with E-state index in [9.17, 15) is 4.79 Å². The Balaban J connectivity index is 0.00000208. The van der Waals surface area contributed by atoms with Gasteiger partial charge in [-0.05, 0) is 62.8 Å². The maximum Gasteiger partial charge on any atom is 0.253 e. The predicted molar refractivity (Wildman–Crippen MR) is 99.1 cm³/mol. The summed E-state index contributed by atoms with van der Waals surface area (Å²) in [6.07, 6.45) is 5.87. The van der Waals surface area contributed by atoms with Gasteiger partial charge in [0.1, 0.15) is 5.75 Å². The largest absolute Gasteiger partial charge is 0.494 e. The Kier molecular flexibility index (Phi) is 7.38. The molecule has 0 spiro atoms. The van der Waals surface area contributed by atoms with E-state index in [0.717, 1.165) is 56.1 Å². The molecule has 4 nitrogen and oxygen atoms in total. The third-order valence-corrected chi connectivity index (χ3v) is 4.73. The highest BCUT2D eigenvalue weighted by Crippen LogP contribution is 2.28. The minimum atomic E-state index is 0.